The van der Waals surface area contributed by atoms with Gasteiger partial charge in [-0.15, -0.1) is 0 Å². The largest absolute Gasteiger partial charge is 0.493 e. The maximum absolute atomic E-state index is 12.5. The average Bonchev–Trinajstić information content (AvgIpc) is 3.14. The van der Waals surface area contributed by atoms with Crippen molar-refractivity contribution in [3.8, 4) is 5.75 Å². The Hall–Kier alpha value is -2.33. The number of hydrogen-bond donors (Lipinski definition) is 1. The van der Waals surface area contributed by atoms with Crippen molar-refractivity contribution in [2.45, 2.75) is 51.7 Å². The number of carbonyl (C=O) groups excluding carboxylic acids is 1. The van der Waals surface area contributed by atoms with Crippen LogP contribution >= 0.6 is 0 Å². The third-order valence-electron chi connectivity index (χ3n) is 4.96. The highest BCUT2D eigenvalue weighted by Crippen LogP contribution is 2.24. The monoisotopic (exact) mass is 381 g/mol. The maximum Gasteiger partial charge on any atom is 0.324 e. The van der Waals surface area contributed by atoms with E-state index >= 15 is 0 Å². The van der Waals surface area contributed by atoms with E-state index in [-0.39, 0.29) is 17.9 Å². The van der Waals surface area contributed by atoms with Crippen molar-refractivity contribution in [3.63, 3.8) is 0 Å². The molecule has 1 aliphatic heterocycles. The Kier molecular flexibility index (Phi) is 6.74. The van der Waals surface area contributed by atoms with Crippen LogP contribution in [-0.2, 0) is 22.4 Å². The molecule has 1 heterocycles. The second-order valence-corrected chi connectivity index (χ2v) is 8.42. The molecule has 0 amide bonds. The third-order valence-corrected chi connectivity index (χ3v) is 4.96. The van der Waals surface area contributed by atoms with E-state index in [0.29, 0.717) is 6.61 Å². The van der Waals surface area contributed by atoms with Gasteiger partial charge in [-0.05, 0) is 63.8 Å². The Labute approximate surface area is 168 Å². The fourth-order valence-electron chi connectivity index (χ4n) is 3.55. The third kappa shape index (κ3) is 5.83. The van der Waals surface area contributed by atoms with Gasteiger partial charge >= 0.3 is 5.97 Å². The van der Waals surface area contributed by atoms with Gasteiger partial charge in [0.05, 0.1) is 6.61 Å². The Morgan fingerprint density at radius 1 is 1.04 bits per heavy atom. The number of esters is 1. The number of ether oxygens (including phenoxy) is 2. The Bertz CT molecular complexity index is 767. The summed E-state index contributed by atoms with van der Waals surface area (Å²) < 4.78 is 11.7. The van der Waals surface area contributed by atoms with Crippen LogP contribution in [0.25, 0.3) is 0 Å². The number of para-hydroxylation sites is 1. The molecular formula is C24H31NO3. The lowest BCUT2D eigenvalue weighted by Gasteiger charge is -2.25. The summed E-state index contributed by atoms with van der Waals surface area (Å²) in [6.07, 6.45) is 2.82. The van der Waals surface area contributed by atoms with Gasteiger partial charge in [0.2, 0.25) is 0 Å². The van der Waals surface area contributed by atoms with Gasteiger partial charge in [-0.1, -0.05) is 48.5 Å². The number of benzene rings is 2. The van der Waals surface area contributed by atoms with Crippen molar-refractivity contribution >= 4 is 5.97 Å². The Morgan fingerprint density at radius 2 is 1.75 bits per heavy atom. The molecule has 2 aromatic rings. The van der Waals surface area contributed by atoms with Crippen LogP contribution in [0.3, 0.4) is 0 Å². The first-order valence-corrected chi connectivity index (χ1v) is 10.1. The predicted molar refractivity (Wildman–Crippen MR) is 112 cm³/mol. The fourth-order valence-corrected chi connectivity index (χ4v) is 3.55. The molecule has 4 heteroatoms. The molecule has 1 N–H and O–H groups in total. The van der Waals surface area contributed by atoms with Crippen molar-refractivity contribution in [2.75, 3.05) is 13.2 Å². The number of carbonyl (C=O) groups is 1. The summed E-state index contributed by atoms with van der Waals surface area (Å²) >= 11 is 0. The molecule has 28 heavy (non-hydrogen) atoms. The molecule has 150 valence electrons. The highest BCUT2D eigenvalue weighted by Gasteiger charge is 2.36. The minimum Gasteiger partial charge on any atom is -0.493 e. The highest BCUT2D eigenvalue weighted by molar-refractivity contribution is 5.77. The molecule has 0 radical (unpaired) electrons. The molecule has 1 saturated heterocycles. The van der Waals surface area contributed by atoms with E-state index in [1.807, 2.05) is 45.0 Å². The molecule has 0 aromatic heterocycles. The molecule has 1 aliphatic rings. The molecule has 2 aromatic carbocycles. The van der Waals surface area contributed by atoms with E-state index < -0.39 is 5.60 Å². The molecular weight excluding hydrogens is 350 g/mol. The van der Waals surface area contributed by atoms with Gasteiger partial charge in [-0.2, -0.15) is 0 Å². The van der Waals surface area contributed by atoms with Crippen molar-refractivity contribution in [2.24, 2.45) is 5.92 Å². The first kappa shape index (κ1) is 20.4. The molecule has 0 aliphatic carbocycles. The van der Waals surface area contributed by atoms with Crippen LogP contribution in [0.5, 0.6) is 5.75 Å². The summed E-state index contributed by atoms with van der Waals surface area (Å²) in [5.74, 6) is 0.848. The molecule has 0 saturated carbocycles. The van der Waals surface area contributed by atoms with Crippen molar-refractivity contribution < 1.29 is 14.3 Å². The van der Waals surface area contributed by atoms with E-state index in [9.17, 15) is 4.79 Å². The van der Waals surface area contributed by atoms with Gasteiger partial charge in [-0.25, -0.2) is 0 Å². The summed E-state index contributed by atoms with van der Waals surface area (Å²) in [7, 11) is 0. The second-order valence-electron chi connectivity index (χ2n) is 8.42. The molecule has 0 bridgehead atoms. The topological polar surface area (TPSA) is 47.6 Å². The summed E-state index contributed by atoms with van der Waals surface area (Å²) in [5, 5.41) is 3.27. The summed E-state index contributed by atoms with van der Waals surface area (Å²) in [6, 6.07) is 18.4. The van der Waals surface area contributed by atoms with E-state index in [1.165, 1.54) is 11.1 Å². The van der Waals surface area contributed by atoms with Crippen LogP contribution in [0.4, 0.5) is 0 Å². The lowest BCUT2D eigenvalue weighted by molar-refractivity contribution is -0.158. The Morgan fingerprint density at radius 3 is 2.50 bits per heavy atom. The predicted octanol–water partition coefficient (Wildman–Crippen LogP) is 4.17. The fraction of sp³-hybridized carbons (Fsp3) is 0.458. The lowest BCUT2D eigenvalue weighted by atomic mass is 10.0. The molecule has 3 rings (SSSR count). The normalized spacial score (nSPS) is 19.4. The van der Waals surface area contributed by atoms with E-state index in [2.05, 4.69) is 35.6 Å². The molecule has 1 fully saturated rings. The van der Waals surface area contributed by atoms with E-state index in [4.69, 9.17) is 9.47 Å². The van der Waals surface area contributed by atoms with E-state index in [0.717, 1.165) is 31.6 Å². The van der Waals surface area contributed by atoms with Gasteiger partial charge in [-0.3, -0.25) is 4.79 Å². The van der Waals surface area contributed by atoms with Crippen LogP contribution in [0.15, 0.2) is 54.6 Å². The van der Waals surface area contributed by atoms with Gasteiger partial charge < -0.3 is 14.8 Å². The second kappa shape index (κ2) is 9.24. The molecule has 2 unspecified atom stereocenters. The molecule has 0 spiro atoms. The number of rotatable bonds is 7. The van der Waals surface area contributed by atoms with Crippen molar-refractivity contribution in [1.29, 1.82) is 0 Å². The quantitative estimate of drug-likeness (QED) is 0.731. The lowest BCUT2D eigenvalue weighted by Crippen LogP contribution is -2.42. The first-order chi connectivity index (χ1) is 13.4. The summed E-state index contributed by atoms with van der Waals surface area (Å²) in [4.78, 5) is 12.5. The van der Waals surface area contributed by atoms with E-state index in [1.54, 1.807) is 0 Å². The molecule has 4 nitrogen and oxygen atoms in total. The standard InChI is InChI=1S/C24H31NO3/c1-24(2,3)28-23(26)22-20(15-16-25-22)17-27-21-12-8-7-11-19(21)14-13-18-9-5-4-6-10-18/h4-12,20,22,25H,13-17H2,1-3H3. The highest BCUT2D eigenvalue weighted by atomic mass is 16.6. The maximum atomic E-state index is 12.5. The smallest absolute Gasteiger partial charge is 0.324 e. The SMILES string of the molecule is CC(C)(C)OC(=O)C1NCCC1COc1ccccc1CCc1ccccc1. The van der Waals surface area contributed by atoms with Crippen LogP contribution in [0, 0.1) is 5.92 Å². The van der Waals surface area contributed by atoms with Crippen molar-refractivity contribution in [3.05, 3.63) is 65.7 Å². The van der Waals surface area contributed by atoms with Crippen LogP contribution in [-0.4, -0.2) is 30.8 Å². The minimum atomic E-state index is -0.475. The van der Waals surface area contributed by atoms with Crippen LogP contribution < -0.4 is 10.1 Å². The number of hydrogen-bond acceptors (Lipinski definition) is 4. The summed E-state index contributed by atoms with van der Waals surface area (Å²) in [5.41, 5.74) is 2.05. The summed E-state index contributed by atoms with van der Waals surface area (Å²) in [6.45, 7) is 7.02. The zero-order valence-electron chi connectivity index (χ0n) is 17.1. The molecule has 2 atom stereocenters. The Balaban J connectivity index is 1.59. The van der Waals surface area contributed by atoms with Gasteiger partial charge in [0.25, 0.3) is 0 Å². The number of nitrogens with one attached hydrogen (secondary N) is 1. The van der Waals surface area contributed by atoms with Crippen molar-refractivity contribution in [1.82, 2.24) is 5.32 Å². The first-order valence-electron chi connectivity index (χ1n) is 10.1. The number of aryl methyl sites for hydroxylation is 2. The minimum absolute atomic E-state index is 0.122. The van der Waals surface area contributed by atoms with Crippen LogP contribution in [0.1, 0.15) is 38.3 Å². The van der Waals surface area contributed by atoms with Gasteiger partial charge in [0.15, 0.2) is 0 Å². The van der Waals surface area contributed by atoms with Crippen LogP contribution in [0.2, 0.25) is 0 Å². The van der Waals surface area contributed by atoms with Gasteiger partial charge in [0, 0.05) is 5.92 Å². The van der Waals surface area contributed by atoms with Gasteiger partial charge in [0.1, 0.15) is 17.4 Å². The zero-order chi connectivity index (χ0) is 20.0. The zero-order valence-corrected chi connectivity index (χ0v) is 17.1. The average molecular weight is 382 g/mol.